The van der Waals surface area contributed by atoms with Crippen LogP contribution in [0.5, 0.6) is 11.5 Å². The molecule has 0 atom stereocenters. The zero-order chi connectivity index (χ0) is 20.4. The third-order valence-electron chi connectivity index (χ3n) is 4.35. The number of phenols is 2. The average Bonchev–Trinajstić information content (AvgIpc) is 3.33. The molecule has 0 bridgehead atoms. The van der Waals surface area contributed by atoms with E-state index in [1.165, 1.54) is 35.2 Å². The van der Waals surface area contributed by atoms with Crippen LogP contribution < -0.4 is 4.80 Å². The van der Waals surface area contributed by atoms with Gasteiger partial charge < -0.3 is 14.6 Å². The molecule has 4 rings (SSSR count). The Labute approximate surface area is 171 Å². The van der Waals surface area contributed by atoms with Crippen molar-refractivity contribution >= 4 is 23.2 Å². The molecule has 29 heavy (non-hydrogen) atoms. The molecule has 0 spiro atoms. The van der Waals surface area contributed by atoms with Gasteiger partial charge in [0.15, 0.2) is 5.76 Å². The number of hydrogen-bond donors (Lipinski definition) is 2. The average molecular weight is 405 g/mol. The van der Waals surface area contributed by atoms with Gasteiger partial charge >= 0.3 is 0 Å². The van der Waals surface area contributed by atoms with Crippen LogP contribution in [0.3, 0.4) is 0 Å². The van der Waals surface area contributed by atoms with Crippen LogP contribution >= 0.6 is 11.3 Å². The first-order valence-electron chi connectivity index (χ1n) is 8.94. The van der Waals surface area contributed by atoms with E-state index < -0.39 is 0 Å². The van der Waals surface area contributed by atoms with Gasteiger partial charge in [0.2, 0.25) is 4.80 Å². The molecular weight excluding hydrogens is 386 g/mol. The van der Waals surface area contributed by atoms with Crippen LogP contribution in [0.4, 0.5) is 5.69 Å². The highest BCUT2D eigenvalue weighted by Crippen LogP contribution is 2.24. The van der Waals surface area contributed by atoms with Gasteiger partial charge in [0.05, 0.1) is 18.2 Å². The number of aryl methyl sites for hydroxylation is 2. The van der Waals surface area contributed by atoms with Gasteiger partial charge in [0, 0.05) is 17.0 Å². The van der Waals surface area contributed by atoms with Crippen molar-refractivity contribution in [2.45, 2.75) is 13.8 Å². The number of aromatic nitrogens is 1. The molecule has 146 valence electrons. The number of benzene rings is 2. The lowest BCUT2D eigenvalue weighted by molar-refractivity contribution is 0.450. The number of hydrogen-bond acceptors (Lipinski definition) is 6. The van der Waals surface area contributed by atoms with Gasteiger partial charge in [-0.2, -0.15) is 5.10 Å². The fourth-order valence-corrected chi connectivity index (χ4v) is 3.71. The summed E-state index contributed by atoms with van der Waals surface area (Å²) in [6.07, 6.45) is 3.13. The third-order valence-corrected chi connectivity index (χ3v) is 5.17. The summed E-state index contributed by atoms with van der Waals surface area (Å²) in [6.45, 7) is 4.07. The Balaban J connectivity index is 1.85. The van der Waals surface area contributed by atoms with Crippen LogP contribution in [-0.4, -0.2) is 21.1 Å². The molecule has 0 saturated carbocycles. The summed E-state index contributed by atoms with van der Waals surface area (Å²) in [5, 5.41) is 26.0. The molecule has 4 aromatic rings. The number of thiazole rings is 1. The minimum atomic E-state index is -0.0583. The minimum Gasteiger partial charge on any atom is -0.508 e. The van der Waals surface area contributed by atoms with E-state index >= 15 is 0 Å². The maximum atomic E-state index is 10.0. The molecule has 0 unspecified atom stereocenters. The number of furan rings is 1. The highest BCUT2D eigenvalue weighted by atomic mass is 32.1. The lowest BCUT2D eigenvalue weighted by atomic mass is 10.1. The Morgan fingerprint density at radius 3 is 2.66 bits per heavy atom. The van der Waals surface area contributed by atoms with Crippen molar-refractivity contribution in [3.8, 4) is 23.0 Å². The lowest BCUT2D eigenvalue weighted by Gasteiger charge is -2.03. The van der Waals surface area contributed by atoms with Crippen LogP contribution in [0, 0.1) is 13.8 Å². The summed E-state index contributed by atoms with van der Waals surface area (Å²) < 4.78 is 7.22. The maximum Gasteiger partial charge on any atom is 0.211 e. The Bertz CT molecular complexity index is 1250. The van der Waals surface area contributed by atoms with Gasteiger partial charge in [-0.25, -0.2) is 9.67 Å². The van der Waals surface area contributed by atoms with Gasteiger partial charge in [0.1, 0.15) is 17.2 Å². The Morgan fingerprint density at radius 1 is 1.07 bits per heavy atom. The Morgan fingerprint density at radius 2 is 1.93 bits per heavy atom. The van der Waals surface area contributed by atoms with Crippen LogP contribution in [0.25, 0.3) is 11.5 Å². The number of aromatic hydroxyl groups is 2. The number of rotatable bonds is 4. The fraction of sp³-hybridized carbons (Fsp3) is 0.0909. The summed E-state index contributed by atoms with van der Waals surface area (Å²) in [5.41, 5.74) is 4.34. The highest BCUT2D eigenvalue weighted by Gasteiger charge is 2.11. The monoisotopic (exact) mass is 405 g/mol. The Hall–Kier alpha value is -3.58. The predicted molar refractivity (Wildman–Crippen MR) is 114 cm³/mol. The van der Waals surface area contributed by atoms with Crippen LogP contribution in [-0.2, 0) is 0 Å². The van der Waals surface area contributed by atoms with Gasteiger partial charge in [0.25, 0.3) is 0 Å². The first kappa shape index (κ1) is 18.8. The molecule has 0 aliphatic rings. The van der Waals surface area contributed by atoms with Crippen molar-refractivity contribution in [2.24, 2.45) is 10.1 Å². The molecule has 2 N–H and O–H groups in total. The second-order valence-electron chi connectivity index (χ2n) is 6.58. The van der Waals surface area contributed by atoms with Crippen molar-refractivity contribution in [3.05, 3.63) is 81.7 Å². The van der Waals surface area contributed by atoms with Gasteiger partial charge in [-0.05, 0) is 49.7 Å². The normalized spacial score (nSPS) is 12.1. The van der Waals surface area contributed by atoms with E-state index in [2.05, 4.69) is 11.2 Å². The predicted octanol–water partition coefficient (Wildman–Crippen LogP) is 4.95. The standard InChI is InChI=1S/C22H19N3O3S/c1-14-5-8-18(15(2)10-14)24-22-25(19(13-29-22)21-4-3-9-28-21)23-12-16-6-7-17(26)11-20(16)27/h3-13,26-27H,1-2H3. The highest BCUT2D eigenvalue weighted by molar-refractivity contribution is 7.07. The molecule has 6 nitrogen and oxygen atoms in total. The zero-order valence-electron chi connectivity index (χ0n) is 15.9. The molecule has 7 heteroatoms. The summed E-state index contributed by atoms with van der Waals surface area (Å²) in [7, 11) is 0. The summed E-state index contributed by atoms with van der Waals surface area (Å²) in [5.74, 6) is 0.594. The largest absolute Gasteiger partial charge is 0.508 e. The first-order valence-corrected chi connectivity index (χ1v) is 9.82. The van der Waals surface area contributed by atoms with E-state index in [0.29, 0.717) is 16.1 Å². The molecule has 0 aliphatic carbocycles. The van der Waals surface area contributed by atoms with Crippen LogP contribution in [0.2, 0.25) is 0 Å². The lowest BCUT2D eigenvalue weighted by Crippen LogP contribution is -2.11. The first-order chi connectivity index (χ1) is 14.0. The molecule has 0 amide bonds. The van der Waals surface area contributed by atoms with E-state index in [1.807, 2.05) is 43.5 Å². The minimum absolute atomic E-state index is 0.00959. The third kappa shape index (κ3) is 4.00. The van der Waals surface area contributed by atoms with Crippen molar-refractivity contribution in [2.75, 3.05) is 0 Å². The molecular formula is C22H19N3O3S. The van der Waals surface area contributed by atoms with E-state index in [1.54, 1.807) is 17.0 Å². The van der Waals surface area contributed by atoms with Gasteiger partial charge in [-0.3, -0.25) is 0 Å². The molecule has 0 fully saturated rings. The summed E-state index contributed by atoms with van der Waals surface area (Å²) >= 11 is 1.44. The molecule has 2 heterocycles. The van der Waals surface area contributed by atoms with Crippen LogP contribution in [0.15, 0.2) is 74.7 Å². The number of nitrogens with zero attached hydrogens (tertiary/aromatic N) is 3. The molecule has 0 aliphatic heterocycles. The molecule has 2 aromatic carbocycles. The quantitative estimate of drug-likeness (QED) is 0.471. The second-order valence-corrected chi connectivity index (χ2v) is 7.42. The Kier molecular flexibility index (Phi) is 5.05. The van der Waals surface area contributed by atoms with E-state index in [-0.39, 0.29) is 11.5 Å². The van der Waals surface area contributed by atoms with Crippen molar-refractivity contribution in [1.29, 1.82) is 0 Å². The van der Waals surface area contributed by atoms with E-state index in [9.17, 15) is 10.2 Å². The van der Waals surface area contributed by atoms with Crippen molar-refractivity contribution in [1.82, 2.24) is 4.68 Å². The van der Waals surface area contributed by atoms with Crippen molar-refractivity contribution < 1.29 is 14.6 Å². The topological polar surface area (TPSA) is 83.2 Å². The summed E-state index contributed by atoms with van der Waals surface area (Å²) in [4.78, 5) is 5.45. The van der Waals surface area contributed by atoms with Crippen molar-refractivity contribution in [3.63, 3.8) is 0 Å². The smallest absolute Gasteiger partial charge is 0.211 e. The van der Waals surface area contributed by atoms with Gasteiger partial charge in [-0.1, -0.05) is 17.7 Å². The maximum absolute atomic E-state index is 10.0. The molecule has 0 saturated heterocycles. The SMILES string of the molecule is Cc1ccc(N=c2scc(-c3ccco3)n2N=Cc2ccc(O)cc2O)c(C)c1. The van der Waals surface area contributed by atoms with E-state index in [4.69, 9.17) is 9.41 Å². The van der Waals surface area contributed by atoms with E-state index in [0.717, 1.165) is 16.9 Å². The zero-order valence-corrected chi connectivity index (χ0v) is 16.7. The second kappa shape index (κ2) is 7.81. The molecule has 2 aromatic heterocycles. The number of phenolic OH excluding ortho intramolecular Hbond substituents is 2. The molecule has 0 radical (unpaired) electrons. The van der Waals surface area contributed by atoms with Gasteiger partial charge in [-0.15, -0.1) is 11.3 Å². The summed E-state index contributed by atoms with van der Waals surface area (Å²) in [6, 6.07) is 14.1. The van der Waals surface area contributed by atoms with Crippen LogP contribution in [0.1, 0.15) is 16.7 Å². The fourth-order valence-electron chi connectivity index (χ4n) is 2.88.